The van der Waals surface area contributed by atoms with Crippen molar-refractivity contribution in [2.75, 3.05) is 32.5 Å². The van der Waals surface area contributed by atoms with Gasteiger partial charge in [-0.2, -0.15) is 0 Å². The molecule has 2 aromatic rings. The van der Waals surface area contributed by atoms with Gasteiger partial charge in [0.2, 0.25) is 5.91 Å². The Hall–Kier alpha value is -2.93. The zero-order chi connectivity index (χ0) is 19.8. The molecule has 1 aromatic heterocycles. The molecule has 0 saturated carbocycles. The van der Waals surface area contributed by atoms with E-state index in [4.69, 9.17) is 0 Å². The molecule has 1 heterocycles. The predicted molar refractivity (Wildman–Crippen MR) is 106 cm³/mol. The SMILES string of the molecule is Cc1ccn(CC(=O)Nc2ccc(C(=O)NCCCN(C)C)cc2)c(=O)c1. The number of amides is 2. The molecule has 0 aliphatic rings. The lowest BCUT2D eigenvalue weighted by molar-refractivity contribution is -0.116. The number of nitrogens with one attached hydrogen (secondary N) is 2. The molecule has 0 radical (unpaired) electrons. The van der Waals surface area contributed by atoms with Crippen molar-refractivity contribution in [3.63, 3.8) is 0 Å². The lowest BCUT2D eigenvalue weighted by Gasteiger charge is -2.10. The van der Waals surface area contributed by atoms with Crippen molar-refractivity contribution in [3.8, 4) is 0 Å². The van der Waals surface area contributed by atoms with Crippen LogP contribution in [0.15, 0.2) is 47.4 Å². The Balaban J connectivity index is 1.86. The number of hydrogen-bond acceptors (Lipinski definition) is 4. The van der Waals surface area contributed by atoms with Gasteiger partial charge in [-0.25, -0.2) is 0 Å². The van der Waals surface area contributed by atoms with Gasteiger partial charge in [-0.15, -0.1) is 0 Å². The van der Waals surface area contributed by atoms with Crippen molar-refractivity contribution in [1.29, 1.82) is 0 Å². The van der Waals surface area contributed by atoms with E-state index in [1.165, 1.54) is 10.6 Å². The number of anilines is 1. The summed E-state index contributed by atoms with van der Waals surface area (Å²) in [6.07, 6.45) is 2.48. The second-order valence-electron chi connectivity index (χ2n) is 6.71. The summed E-state index contributed by atoms with van der Waals surface area (Å²) in [6, 6.07) is 9.93. The van der Waals surface area contributed by atoms with Gasteiger partial charge in [0.25, 0.3) is 11.5 Å². The van der Waals surface area contributed by atoms with Crippen molar-refractivity contribution in [2.45, 2.75) is 19.9 Å². The lowest BCUT2D eigenvalue weighted by atomic mass is 10.2. The molecular formula is C20H26N4O3. The molecule has 7 nitrogen and oxygen atoms in total. The third-order valence-corrected chi connectivity index (χ3v) is 3.96. The molecule has 7 heteroatoms. The van der Waals surface area contributed by atoms with Gasteiger partial charge >= 0.3 is 0 Å². The van der Waals surface area contributed by atoms with Crippen LogP contribution in [0, 0.1) is 6.92 Å². The number of carbonyl (C=O) groups is 2. The second-order valence-corrected chi connectivity index (χ2v) is 6.71. The van der Waals surface area contributed by atoms with E-state index < -0.39 is 0 Å². The highest BCUT2D eigenvalue weighted by Crippen LogP contribution is 2.09. The summed E-state index contributed by atoms with van der Waals surface area (Å²) in [7, 11) is 3.98. The Morgan fingerprint density at radius 2 is 1.81 bits per heavy atom. The summed E-state index contributed by atoms with van der Waals surface area (Å²) in [4.78, 5) is 38.1. The van der Waals surface area contributed by atoms with Gasteiger partial charge in [0.1, 0.15) is 6.54 Å². The Kier molecular flexibility index (Phi) is 7.31. The Labute approximate surface area is 159 Å². The normalized spacial score (nSPS) is 10.7. The van der Waals surface area contributed by atoms with E-state index in [9.17, 15) is 14.4 Å². The monoisotopic (exact) mass is 370 g/mol. The van der Waals surface area contributed by atoms with Crippen LogP contribution >= 0.6 is 0 Å². The van der Waals surface area contributed by atoms with Crippen LogP contribution in [-0.2, 0) is 11.3 Å². The van der Waals surface area contributed by atoms with E-state index in [-0.39, 0.29) is 23.9 Å². The van der Waals surface area contributed by atoms with Gasteiger partial charge in [-0.3, -0.25) is 14.4 Å². The quantitative estimate of drug-likeness (QED) is 0.690. The number of benzene rings is 1. The van der Waals surface area contributed by atoms with Gasteiger partial charge < -0.3 is 20.1 Å². The summed E-state index contributed by atoms with van der Waals surface area (Å²) in [5, 5.41) is 5.59. The van der Waals surface area contributed by atoms with Crippen LogP contribution in [0.25, 0.3) is 0 Å². The molecule has 2 rings (SSSR count). The van der Waals surface area contributed by atoms with Crippen molar-refractivity contribution in [1.82, 2.24) is 14.8 Å². The summed E-state index contributed by atoms with van der Waals surface area (Å²) < 4.78 is 1.35. The second kappa shape index (κ2) is 9.68. The molecule has 2 amide bonds. The first kappa shape index (κ1) is 20.4. The van der Waals surface area contributed by atoms with Crippen molar-refractivity contribution < 1.29 is 9.59 Å². The van der Waals surface area contributed by atoms with E-state index in [0.29, 0.717) is 17.8 Å². The van der Waals surface area contributed by atoms with Crippen LogP contribution in [0.1, 0.15) is 22.3 Å². The van der Waals surface area contributed by atoms with Gasteiger partial charge in [0.15, 0.2) is 0 Å². The number of pyridine rings is 1. The first-order valence-corrected chi connectivity index (χ1v) is 8.85. The van der Waals surface area contributed by atoms with Crippen molar-refractivity contribution >= 4 is 17.5 Å². The van der Waals surface area contributed by atoms with E-state index in [1.54, 1.807) is 36.5 Å². The van der Waals surface area contributed by atoms with Crippen molar-refractivity contribution in [2.24, 2.45) is 0 Å². The van der Waals surface area contributed by atoms with E-state index in [2.05, 4.69) is 15.5 Å². The average molecular weight is 370 g/mol. The van der Waals surface area contributed by atoms with Crippen LogP contribution in [0.4, 0.5) is 5.69 Å². The van der Waals surface area contributed by atoms with Gasteiger partial charge in [-0.05, 0) is 69.9 Å². The summed E-state index contributed by atoms with van der Waals surface area (Å²) >= 11 is 0. The van der Waals surface area contributed by atoms with E-state index >= 15 is 0 Å². The molecule has 0 aliphatic heterocycles. The minimum atomic E-state index is -0.304. The molecule has 1 aromatic carbocycles. The van der Waals surface area contributed by atoms with Crippen LogP contribution in [0.2, 0.25) is 0 Å². The first-order chi connectivity index (χ1) is 12.8. The summed E-state index contributed by atoms with van der Waals surface area (Å²) in [6.45, 7) is 3.29. The van der Waals surface area contributed by atoms with Gasteiger partial charge in [0.05, 0.1) is 0 Å². The first-order valence-electron chi connectivity index (χ1n) is 8.85. The molecule has 0 unspecified atom stereocenters. The fourth-order valence-electron chi connectivity index (χ4n) is 2.50. The molecule has 0 spiro atoms. The van der Waals surface area contributed by atoms with E-state index in [0.717, 1.165) is 18.5 Å². The van der Waals surface area contributed by atoms with Crippen molar-refractivity contribution in [3.05, 3.63) is 64.1 Å². The van der Waals surface area contributed by atoms with Crippen LogP contribution < -0.4 is 16.2 Å². The molecule has 0 aliphatic carbocycles. The third kappa shape index (κ3) is 6.71. The number of aromatic nitrogens is 1. The van der Waals surface area contributed by atoms with Crippen LogP contribution in [0.3, 0.4) is 0 Å². The molecular weight excluding hydrogens is 344 g/mol. The minimum Gasteiger partial charge on any atom is -0.352 e. The lowest BCUT2D eigenvalue weighted by Crippen LogP contribution is -2.27. The fraction of sp³-hybridized carbons (Fsp3) is 0.350. The minimum absolute atomic E-state index is 0.0623. The Morgan fingerprint density at radius 1 is 1.11 bits per heavy atom. The summed E-state index contributed by atoms with van der Waals surface area (Å²) in [5.41, 5.74) is 1.75. The van der Waals surface area contributed by atoms with Gasteiger partial charge in [-0.1, -0.05) is 0 Å². The average Bonchev–Trinajstić information content (AvgIpc) is 2.61. The number of nitrogens with zero attached hydrogens (tertiary/aromatic N) is 2. The number of rotatable bonds is 8. The zero-order valence-corrected chi connectivity index (χ0v) is 16.0. The molecule has 2 N–H and O–H groups in total. The fourth-order valence-corrected chi connectivity index (χ4v) is 2.50. The maximum atomic E-state index is 12.1. The predicted octanol–water partition coefficient (Wildman–Crippen LogP) is 1.48. The van der Waals surface area contributed by atoms with Crippen LogP contribution in [0.5, 0.6) is 0 Å². The standard InChI is InChI=1S/C20H26N4O3/c1-15-9-12-24(19(26)13-15)14-18(25)22-17-7-5-16(6-8-17)20(27)21-10-4-11-23(2)3/h5-9,12-13H,4,10-11,14H2,1-3H3,(H,21,27)(H,22,25). The molecule has 0 fully saturated rings. The molecule has 0 saturated heterocycles. The Bertz CT molecular complexity index is 841. The largest absolute Gasteiger partial charge is 0.352 e. The molecule has 0 bridgehead atoms. The smallest absolute Gasteiger partial charge is 0.251 e. The topological polar surface area (TPSA) is 83.4 Å². The molecule has 144 valence electrons. The third-order valence-electron chi connectivity index (χ3n) is 3.96. The zero-order valence-electron chi connectivity index (χ0n) is 16.0. The highest BCUT2D eigenvalue weighted by Gasteiger charge is 2.08. The maximum Gasteiger partial charge on any atom is 0.251 e. The van der Waals surface area contributed by atoms with Gasteiger partial charge in [0, 0.05) is 30.1 Å². The number of carbonyl (C=O) groups excluding carboxylic acids is 2. The molecule has 0 atom stereocenters. The van der Waals surface area contributed by atoms with E-state index in [1.807, 2.05) is 21.0 Å². The maximum absolute atomic E-state index is 12.1. The number of aryl methyl sites for hydroxylation is 1. The molecule has 27 heavy (non-hydrogen) atoms. The van der Waals surface area contributed by atoms with Crippen LogP contribution in [-0.4, -0.2) is 48.5 Å². The summed E-state index contributed by atoms with van der Waals surface area (Å²) in [5.74, 6) is -0.445. The highest BCUT2D eigenvalue weighted by molar-refractivity contribution is 5.95. The highest BCUT2D eigenvalue weighted by atomic mass is 16.2. The number of hydrogen-bond donors (Lipinski definition) is 2. The Morgan fingerprint density at radius 3 is 2.44 bits per heavy atom.